The molecule has 0 amide bonds. The van der Waals surface area contributed by atoms with Crippen LogP contribution in [0.4, 0.5) is 0 Å². The van der Waals surface area contributed by atoms with Gasteiger partial charge in [-0.2, -0.15) is 0 Å². The molecule has 1 nitrogen and oxygen atoms in total. The van der Waals surface area contributed by atoms with Crippen molar-refractivity contribution < 1.29 is 4.74 Å². The second kappa shape index (κ2) is 6.01. The molecule has 1 aliphatic heterocycles. The first-order valence-electron chi connectivity index (χ1n) is 6.52. The zero-order valence-corrected chi connectivity index (χ0v) is 12.2. The Hall–Kier alpha value is -0.340. The molecular formula is C15H21BrO. The number of alkyl halides is 1. The molecule has 2 atom stereocenters. The second-order valence-electron chi connectivity index (χ2n) is 5.16. The largest absolute Gasteiger partial charge is 0.378 e. The standard InChI is InChI=1S/C15H21BrO/c1-11(2)12-5-7-13(8-6-12)15(16)10-14-4-3-9-17-14/h5-8,11,14-15H,3-4,9-10H2,1-2H3. The Morgan fingerprint density at radius 3 is 2.41 bits per heavy atom. The van der Waals surface area contributed by atoms with Gasteiger partial charge >= 0.3 is 0 Å². The molecule has 0 saturated carbocycles. The highest BCUT2D eigenvalue weighted by atomic mass is 79.9. The zero-order chi connectivity index (χ0) is 12.3. The molecule has 94 valence electrons. The Morgan fingerprint density at radius 2 is 1.88 bits per heavy atom. The summed E-state index contributed by atoms with van der Waals surface area (Å²) < 4.78 is 5.68. The number of benzene rings is 1. The first kappa shape index (κ1) is 13.1. The summed E-state index contributed by atoms with van der Waals surface area (Å²) in [7, 11) is 0. The van der Waals surface area contributed by atoms with Crippen molar-refractivity contribution in [1.82, 2.24) is 0 Å². The fourth-order valence-electron chi connectivity index (χ4n) is 2.29. The van der Waals surface area contributed by atoms with E-state index in [0.717, 1.165) is 13.0 Å². The topological polar surface area (TPSA) is 9.23 Å². The fourth-order valence-corrected chi connectivity index (χ4v) is 3.01. The fraction of sp³-hybridized carbons (Fsp3) is 0.600. The number of halogens is 1. The van der Waals surface area contributed by atoms with Crippen molar-refractivity contribution in [3.8, 4) is 0 Å². The van der Waals surface area contributed by atoms with Crippen molar-refractivity contribution in [1.29, 1.82) is 0 Å². The Labute approximate surface area is 113 Å². The molecule has 1 aromatic carbocycles. The van der Waals surface area contributed by atoms with Gasteiger partial charge in [0.2, 0.25) is 0 Å². The van der Waals surface area contributed by atoms with Gasteiger partial charge in [0.05, 0.1) is 6.10 Å². The third-order valence-corrected chi connectivity index (χ3v) is 4.36. The molecule has 0 spiro atoms. The van der Waals surface area contributed by atoms with Gasteiger partial charge in [0, 0.05) is 11.4 Å². The first-order valence-corrected chi connectivity index (χ1v) is 7.44. The van der Waals surface area contributed by atoms with Crippen LogP contribution in [0.2, 0.25) is 0 Å². The zero-order valence-electron chi connectivity index (χ0n) is 10.7. The van der Waals surface area contributed by atoms with Crippen molar-refractivity contribution in [2.45, 2.75) is 50.0 Å². The molecule has 2 unspecified atom stereocenters. The van der Waals surface area contributed by atoms with E-state index in [9.17, 15) is 0 Å². The molecule has 0 N–H and O–H groups in total. The van der Waals surface area contributed by atoms with Crippen LogP contribution in [0.25, 0.3) is 0 Å². The van der Waals surface area contributed by atoms with E-state index in [4.69, 9.17) is 4.74 Å². The van der Waals surface area contributed by atoms with Gasteiger partial charge in [-0.05, 0) is 36.3 Å². The molecule has 2 rings (SSSR count). The molecule has 1 aliphatic rings. The highest BCUT2D eigenvalue weighted by Gasteiger charge is 2.20. The Morgan fingerprint density at radius 1 is 1.24 bits per heavy atom. The SMILES string of the molecule is CC(C)c1ccc(C(Br)CC2CCCO2)cc1. The van der Waals surface area contributed by atoms with Crippen LogP contribution in [0, 0.1) is 0 Å². The van der Waals surface area contributed by atoms with E-state index < -0.39 is 0 Å². The van der Waals surface area contributed by atoms with Gasteiger partial charge in [-0.3, -0.25) is 0 Å². The summed E-state index contributed by atoms with van der Waals surface area (Å²) in [5.74, 6) is 0.607. The van der Waals surface area contributed by atoms with Gasteiger partial charge in [0.25, 0.3) is 0 Å². The maximum absolute atomic E-state index is 5.68. The highest BCUT2D eigenvalue weighted by molar-refractivity contribution is 9.09. The van der Waals surface area contributed by atoms with Gasteiger partial charge < -0.3 is 4.74 Å². The van der Waals surface area contributed by atoms with Gasteiger partial charge in [0.15, 0.2) is 0 Å². The lowest BCUT2D eigenvalue weighted by molar-refractivity contribution is 0.104. The van der Waals surface area contributed by atoms with Crippen LogP contribution in [0.3, 0.4) is 0 Å². The van der Waals surface area contributed by atoms with Crippen molar-refractivity contribution in [3.05, 3.63) is 35.4 Å². The first-order chi connectivity index (χ1) is 8.16. The quantitative estimate of drug-likeness (QED) is 0.724. The van der Waals surface area contributed by atoms with Crippen LogP contribution in [0.5, 0.6) is 0 Å². The maximum atomic E-state index is 5.68. The van der Waals surface area contributed by atoms with E-state index >= 15 is 0 Å². The van der Waals surface area contributed by atoms with Crippen molar-refractivity contribution in [3.63, 3.8) is 0 Å². The van der Waals surface area contributed by atoms with Crippen LogP contribution in [-0.2, 0) is 4.74 Å². The van der Waals surface area contributed by atoms with Crippen molar-refractivity contribution in [2.75, 3.05) is 6.61 Å². The molecule has 0 radical (unpaired) electrons. The molecule has 0 bridgehead atoms. The van der Waals surface area contributed by atoms with Crippen LogP contribution >= 0.6 is 15.9 Å². The summed E-state index contributed by atoms with van der Waals surface area (Å²) in [5.41, 5.74) is 2.77. The van der Waals surface area contributed by atoms with Crippen molar-refractivity contribution in [2.24, 2.45) is 0 Å². The molecule has 1 saturated heterocycles. The lowest BCUT2D eigenvalue weighted by Crippen LogP contribution is -2.08. The van der Waals surface area contributed by atoms with Gasteiger partial charge in [-0.25, -0.2) is 0 Å². The lowest BCUT2D eigenvalue weighted by Gasteiger charge is -2.16. The molecule has 0 aromatic heterocycles. The summed E-state index contributed by atoms with van der Waals surface area (Å²) >= 11 is 3.78. The number of hydrogen-bond donors (Lipinski definition) is 0. The van der Waals surface area contributed by atoms with Crippen LogP contribution in [0.15, 0.2) is 24.3 Å². The van der Waals surface area contributed by atoms with Gasteiger partial charge in [-0.15, -0.1) is 0 Å². The average Bonchev–Trinajstić information content (AvgIpc) is 2.82. The number of hydrogen-bond acceptors (Lipinski definition) is 1. The van der Waals surface area contributed by atoms with Crippen LogP contribution < -0.4 is 0 Å². The molecule has 1 aromatic rings. The smallest absolute Gasteiger partial charge is 0.0589 e. The van der Waals surface area contributed by atoms with E-state index in [1.807, 2.05) is 0 Å². The minimum Gasteiger partial charge on any atom is -0.378 e. The summed E-state index contributed by atoms with van der Waals surface area (Å²) in [5, 5.41) is 0. The summed E-state index contributed by atoms with van der Waals surface area (Å²) in [4.78, 5) is 0.423. The normalized spacial score (nSPS) is 22.0. The summed E-state index contributed by atoms with van der Waals surface area (Å²) in [6.45, 7) is 5.40. The number of ether oxygens (including phenoxy) is 1. The molecule has 2 heteroatoms. The average molecular weight is 297 g/mol. The van der Waals surface area contributed by atoms with Crippen LogP contribution in [0.1, 0.15) is 55.0 Å². The van der Waals surface area contributed by atoms with E-state index in [1.54, 1.807) is 0 Å². The van der Waals surface area contributed by atoms with E-state index in [2.05, 4.69) is 54.0 Å². The lowest BCUT2D eigenvalue weighted by atomic mass is 9.99. The van der Waals surface area contributed by atoms with E-state index in [0.29, 0.717) is 16.8 Å². The Kier molecular flexibility index (Phi) is 4.63. The third-order valence-electron chi connectivity index (χ3n) is 3.46. The monoisotopic (exact) mass is 296 g/mol. The number of rotatable bonds is 4. The summed E-state index contributed by atoms with van der Waals surface area (Å²) in [6, 6.07) is 8.96. The predicted molar refractivity (Wildman–Crippen MR) is 75.8 cm³/mol. The third kappa shape index (κ3) is 3.56. The minimum atomic E-state index is 0.423. The van der Waals surface area contributed by atoms with Gasteiger partial charge in [-0.1, -0.05) is 54.0 Å². The maximum Gasteiger partial charge on any atom is 0.0589 e. The van der Waals surface area contributed by atoms with Crippen LogP contribution in [-0.4, -0.2) is 12.7 Å². The van der Waals surface area contributed by atoms with Crippen molar-refractivity contribution >= 4 is 15.9 Å². The minimum absolute atomic E-state index is 0.423. The van der Waals surface area contributed by atoms with E-state index in [1.165, 1.54) is 24.0 Å². The second-order valence-corrected chi connectivity index (χ2v) is 6.26. The highest BCUT2D eigenvalue weighted by Crippen LogP contribution is 2.32. The molecular weight excluding hydrogens is 276 g/mol. The molecule has 1 fully saturated rings. The molecule has 17 heavy (non-hydrogen) atoms. The summed E-state index contributed by atoms with van der Waals surface area (Å²) in [6.07, 6.45) is 3.97. The molecule has 1 heterocycles. The van der Waals surface area contributed by atoms with E-state index in [-0.39, 0.29) is 0 Å². The van der Waals surface area contributed by atoms with Gasteiger partial charge in [0.1, 0.15) is 0 Å². The predicted octanol–water partition coefficient (Wildman–Crippen LogP) is 4.82. The Bertz CT molecular complexity index is 338. The molecule has 0 aliphatic carbocycles. The Balaban J connectivity index is 1.96.